The fourth-order valence-electron chi connectivity index (χ4n) is 5.09. The molecule has 0 amide bonds. The Morgan fingerprint density at radius 2 is 1.40 bits per heavy atom. The Hall–Kier alpha value is -4.68. The van der Waals surface area contributed by atoms with Crippen LogP contribution in [0.15, 0.2) is 103 Å². The van der Waals surface area contributed by atoms with E-state index in [-0.39, 0.29) is 0 Å². The molecule has 0 saturated carbocycles. The van der Waals surface area contributed by atoms with Gasteiger partial charge < -0.3 is 4.57 Å². The highest BCUT2D eigenvalue weighted by molar-refractivity contribution is 6.10. The van der Waals surface area contributed by atoms with E-state index in [0.29, 0.717) is 5.56 Å². The molecule has 35 heavy (non-hydrogen) atoms. The topological polar surface area (TPSA) is 41.6 Å². The van der Waals surface area contributed by atoms with Gasteiger partial charge >= 0.3 is 0 Å². The first kappa shape index (κ1) is 20.9. The zero-order valence-corrected chi connectivity index (χ0v) is 19.7. The van der Waals surface area contributed by atoms with Crippen molar-refractivity contribution in [1.82, 2.24) is 9.55 Å². The summed E-state index contributed by atoms with van der Waals surface area (Å²) in [6, 6.07) is 34.2. The van der Waals surface area contributed by atoms with E-state index in [1.54, 1.807) is 12.4 Å². The van der Waals surface area contributed by atoms with Gasteiger partial charge in [0, 0.05) is 34.4 Å². The van der Waals surface area contributed by atoms with E-state index >= 15 is 0 Å². The zero-order chi connectivity index (χ0) is 23.9. The normalized spacial score (nSPS) is 11.1. The van der Waals surface area contributed by atoms with Crippen LogP contribution in [0.4, 0.5) is 0 Å². The van der Waals surface area contributed by atoms with Gasteiger partial charge in [-0.05, 0) is 78.1 Å². The maximum Gasteiger partial charge on any atom is 0.0998 e. The summed E-state index contributed by atoms with van der Waals surface area (Å²) in [7, 11) is 0. The molecule has 0 aliphatic rings. The van der Waals surface area contributed by atoms with Gasteiger partial charge in [0.25, 0.3) is 0 Å². The number of fused-ring (bicyclic) bond motifs is 3. The maximum atomic E-state index is 9.89. The standard InChI is InChI=1S/C32H23N3/c1-21-7-3-4-8-26(21)24-11-12-28-27-9-5-6-10-30(27)35(32(28)18-24)31-19-29(23-13-15-34-16-14-23)25(20-33)17-22(31)2/h3-19H,1-2H3. The number of aromatic nitrogens is 2. The molecule has 0 radical (unpaired) electrons. The van der Waals surface area contributed by atoms with Crippen molar-refractivity contribution in [2.45, 2.75) is 13.8 Å². The van der Waals surface area contributed by atoms with Crippen LogP contribution in [-0.2, 0) is 0 Å². The molecule has 6 aromatic rings. The maximum absolute atomic E-state index is 9.89. The van der Waals surface area contributed by atoms with Gasteiger partial charge in [-0.25, -0.2) is 0 Å². The molecule has 4 aromatic carbocycles. The highest BCUT2D eigenvalue weighted by Gasteiger charge is 2.17. The quantitative estimate of drug-likeness (QED) is 0.275. The molecule has 2 aromatic heterocycles. The van der Waals surface area contributed by atoms with Crippen molar-refractivity contribution in [1.29, 1.82) is 5.26 Å². The monoisotopic (exact) mass is 449 g/mol. The van der Waals surface area contributed by atoms with Gasteiger partial charge in [0.15, 0.2) is 0 Å². The molecular formula is C32H23N3. The summed E-state index contributed by atoms with van der Waals surface area (Å²) in [5.74, 6) is 0. The van der Waals surface area contributed by atoms with Crippen molar-refractivity contribution in [2.75, 3.05) is 0 Å². The highest BCUT2D eigenvalue weighted by atomic mass is 15.0. The summed E-state index contributed by atoms with van der Waals surface area (Å²) in [4.78, 5) is 4.16. The number of nitriles is 1. The number of aryl methyl sites for hydroxylation is 2. The van der Waals surface area contributed by atoms with Gasteiger partial charge in [-0.1, -0.05) is 54.6 Å². The van der Waals surface area contributed by atoms with Crippen LogP contribution in [0.25, 0.3) is 49.7 Å². The average Bonchev–Trinajstić information content (AvgIpc) is 3.23. The minimum absolute atomic E-state index is 0.666. The minimum Gasteiger partial charge on any atom is -0.309 e. The van der Waals surface area contributed by atoms with Crippen LogP contribution < -0.4 is 0 Å². The third-order valence-electron chi connectivity index (χ3n) is 6.82. The predicted molar refractivity (Wildman–Crippen MR) is 144 cm³/mol. The van der Waals surface area contributed by atoms with Crippen LogP contribution in [0.3, 0.4) is 0 Å². The third-order valence-corrected chi connectivity index (χ3v) is 6.82. The fraction of sp³-hybridized carbons (Fsp3) is 0.0625. The van der Waals surface area contributed by atoms with Crippen molar-refractivity contribution in [3.05, 3.63) is 120 Å². The first-order chi connectivity index (χ1) is 17.2. The predicted octanol–water partition coefficient (Wildman–Crippen LogP) is 8.00. The summed E-state index contributed by atoms with van der Waals surface area (Å²) in [6.07, 6.45) is 3.54. The summed E-state index contributed by atoms with van der Waals surface area (Å²) in [5, 5.41) is 12.3. The second kappa shape index (κ2) is 8.27. The van der Waals surface area contributed by atoms with E-state index in [4.69, 9.17) is 0 Å². The number of hydrogen-bond donors (Lipinski definition) is 0. The van der Waals surface area contributed by atoms with Gasteiger partial charge in [-0.2, -0.15) is 5.26 Å². The lowest BCUT2D eigenvalue weighted by Crippen LogP contribution is -2.00. The van der Waals surface area contributed by atoms with Crippen LogP contribution in [0.5, 0.6) is 0 Å². The number of pyridine rings is 1. The van der Waals surface area contributed by atoms with Gasteiger partial charge in [0.1, 0.15) is 0 Å². The molecule has 0 unspecified atom stereocenters. The summed E-state index contributed by atoms with van der Waals surface area (Å²) in [6.45, 7) is 4.24. The molecule has 0 fully saturated rings. The van der Waals surface area contributed by atoms with E-state index in [1.165, 1.54) is 27.5 Å². The molecule has 166 valence electrons. The van der Waals surface area contributed by atoms with Crippen LogP contribution in [0, 0.1) is 25.2 Å². The molecule has 0 aliphatic carbocycles. The lowest BCUT2D eigenvalue weighted by atomic mass is 9.97. The largest absolute Gasteiger partial charge is 0.309 e. The lowest BCUT2D eigenvalue weighted by Gasteiger charge is -2.15. The zero-order valence-electron chi connectivity index (χ0n) is 19.7. The molecule has 3 heteroatoms. The Labute approximate surface area is 204 Å². The SMILES string of the molecule is Cc1ccccc1-c1ccc2c3ccccc3n(-c3cc(-c4ccncc4)c(C#N)cc3C)c2c1. The van der Waals surface area contributed by atoms with Crippen LogP contribution >= 0.6 is 0 Å². The number of nitrogens with zero attached hydrogens (tertiary/aromatic N) is 3. The Bertz CT molecular complexity index is 1770. The Morgan fingerprint density at radius 1 is 0.657 bits per heavy atom. The van der Waals surface area contributed by atoms with Gasteiger partial charge in [0.05, 0.1) is 22.7 Å². The van der Waals surface area contributed by atoms with Crippen molar-refractivity contribution >= 4 is 21.8 Å². The number of rotatable bonds is 3. The molecule has 6 rings (SSSR count). The van der Waals surface area contributed by atoms with Gasteiger partial charge in [-0.3, -0.25) is 4.98 Å². The summed E-state index contributed by atoms with van der Waals surface area (Å²) < 4.78 is 2.34. The molecule has 3 nitrogen and oxygen atoms in total. The molecule has 0 bridgehead atoms. The smallest absolute Gasteiger partial charge is 0.0998 e. The molecule has 0 saturated heterocycles. The average molecular weight is 450 g/mol. The lowest BCUT2D eigenvalue weighted by molar-refractivity contribution is 1.15. The molecule has 0 spiro atoms. The summed E-state index contributed by atoms with van der Waals surface area (Å²) >= 11 is 0. The van der Waals surface area contributed by atoms with Crippen LogP contribution in [0.1, 0.15) is 16.7 Å². The Morgan fingerprint density at radius 3 is 2.20 bits per heavy atom. The third kappa shape index (κ3) is 3.39. The van der Waals surface area contributed by atoms with Crippen LogP contribution in [0.2, 0.25) is 0 Å². The van der Waals surface area contributed by atoms with Gasteiger partial charge in [0.2, 0.25) is 0 Å². The highest BCUT2D eigenvalue weighted by Crippen LogP contribution is 2.38. The number of para-hydroxylation sites is 1. The van der Waals surface area contributed by atoms with Crippen molar-refractivity contribution < 1.29 is 0 Å². The van der Waals surface area contributed by atoms with Crippen molar-refractivity contribution in [3.63, 3.8) is 0 Å². The van der Waals surface area contributed by atoms with E-state index in [9.17, 15) is 5.26 Å². The molecule has 0 atom stereocenters. The second-order valence-corrected chi connectivity index (χ2v) is 8.93. The van der Waals surface area contributed by atoms with E-state index in [2.05, 4.69) is 102 Å². The molecular weight excluding hydrogens is 426 g/mol. The van der Waals surface area contributed by atoms with Crippen molar-refractivity contribution in [2.24, 2.45) is 0 Å². The van der Waals surface area contributed by atoms with Crippen molar-refractivity contribution in [3.8, 4) is 34.0 Å². The fourth-order valence-corrected chi connectivity index (χ4v) is 5.09. The minimum atomic E-state index is 0.666. The second-order valence-electron chi connectivity index (χ2n) is 8.93. The van der Waals surface area contributed by atoms with E-state index in [1.807, 2.05) is 18.2 Å². The van der Waals surface area contributed by atoms with Crippen LogP contribution in [-0.4, -0.2) is 9.55 Å². The summed E-state index contributed by atoms with van der Waals surface area (Å²) in [5.41, 5.74) is 10.7. The van der Waals surface area contributed by atoms with Gasteiger partial charge in [-0.15, -0.1) is 0 Å². The Balaban J connectivity index is 1.70. The van der Waals surface area contributed by atoms with E-state index < -0.39 is 0 Å². The first-order valence-electron chi connectivity index (χ1n) is 11.7. The number of benzene rings is 4. The number of hydrogen-bond acceptors (Lipinski definition) is 2. The Kier molecular flexibility index (Phi) is 4.94. The first-order valence-corrected chi connectivity index (χ1v) is 11.7. The molecule has 2 heterocycles. The molecule has 0 aliphatic heterocycles. The van der Waals surface area contributed by atoms with E-state index in [0.717, 1.165) is 33.4 Å². The molecule has 0 N–H and O–H groups in total.